The molecule has 1 aromatic heterocycles. The normalized spacial score (nSPS) is 10.6. The molecule has 5 nitrogen and oxygen atoms in total. The minimum atomic E-state index is 0.313. The highest BCUT2D eigenvalue weighted by Gasteiger charge is 2.16. The fourth-order valence-electron chi connectivity index (χ4n) is 1.98. The van der Waals surface area contributed by atoms with E-state index in [1.807, 2.05) is 24.3 Å². The summed E-state index contributed by atoms with van der Waals surface area (Å²) in [6.07, 6.45) is 0. The van der Waals surface area contributed by atoms with Crippen molar-refractivity contribution in [3.8, 4) is 28.6 Å². The Kier molecular flexibility index (Phi) is 3.50. The van der Waals surface area contributed by atoms with Crippen molar-refractivity contribution < 1.29 is 9.26 Å². The Morgan fingerprint density at radius 2 is 1.95 bits per heavy atom. The third-order valence-electron chi connectivity index (χ3n) is 2.99. The molecule has 0 atom stereocenters. The first-order valence-electron chi connectivity index (χ1n) is 6.21. The molecule has 6 heteroatoms. The van der Waals surface area contributed by atoms with E-state index in [1.165, 1.54) is 0 Å². The number of hydrogen-bond acceptors (Lipinski definition) is 5. The summed E-state index contributed by atoms with van der Waals surface area (Å²) in [6, 6.07) is 12.5. The van der Waals surface area contributed by atoms with Crippen molar-refractivity contribution in [2.45, 2.75) is 0 Å². The van der Waals surface area contributed by atoms with E-state index in [0.717, 1.165) is 5.56 Å². The van der Waals surface area contributed by atoms with E-state index < -0.39 is 0 Å². The van der Waals surface area contributed by atoms with E-state index >= 15 is 0 Å². The highest BCUT2D eigenvalue weighted by atomic mass is 35.5. The van der Waals surface area contributed by atoms with E-state index in [-0.39, 0.29) is 0 Å². The number of ether oxygens (including phenoxy) is 1. The van der Waals surface area contributed by atoms with Crippen LogP contribution in [0.15, 0.2) is 47.0 Å². The van der Waals surface area contributed by atoms with Gasteiger partial charge in [0.05, 0.1) is 23.3 Å². The lowest BCUT2D eigenvalue weighted by atomic mass is 10.2. The maximum absolute atomic E-state index is 6.14. The minimum Gasteiger partial charge on any atom is -0.496 e. The molecule has 2 N–H and O–H groups in total. The number of methoxy groups -OCH3 is 1. The molecule has 3 rings (SSSR count). The van der Waals surface area contributed by atoms with Crippen LogP contribution in [-0.4, -0.2) is 17.3 Å². The van der Waals surface area contributed by atoms with E-state index in [0.29, 0.717) is 33.7 Å². The fourth-order valence-corrected chi connectivity index (χ4v) is 2.18. The molecule has 0 aliphatic heterocycles. The van der Waals surface area contributed by atoms with Gasteiger partial charge in [0.2, 0.25) is 5.82 Å². The van der Waals surface area contributed by atoms with Gasteiger partial charge in [0.15, 0.2) is 0 Å². The Morgan fingerprint density at radius 1 is 1.14 bits per heavy atom. The number of nitrogens with zero attached hydrogens (tertiary/aromatic N) is 2. The number of rotatable bonds is 3. The van der Waals surface area contributed by atoms with Gasteiger partial charge in [-0.25, -0.2) is 0 Å². The van der Waals surface area contributed by atoms with E-state index in [4.69, 9.17) is 26.6 Å². The van der Waals surface area contributed by atoms with Gasteiger partial charge >= 0.3 is 0 Å². The number of anilines is 1. The molecular weight excluding hydrogens is 290 g/mol. The lowest BCUT2D eigenvalue weighted by Gasteiger charge is -2.03. The number of aromatic nitrogens is 2. The van der Waals surface area contributed by atoms with Gasteiger partial charge in [-0.1, -0.05) is 28.9 Å². The molecule has 0 spiro atoms. The van der Waals surface area contributed by atoms with Gasteiger partial charge in [0.1, 0.15) is 5.75 Å². The van der Waals surface area contributed by atoms with Crippen LogP contribution in [0.3, 0.4) is 0 Å². The molecule has 0 saturated heterocycles. The second-order valence-corrected chi connectivity index (χ2v) is 4.77. The Labute approximate surface area is 126 Å². The third kappa shape index (κ3) is 2.55. The first-order chi connectivity index (χ1) is 10.2. The molecule has 0 unspecified atom stereocenters. The topological polar surface area (TPSA) is 74.2 Å². The number of nitrogens with two attached hydrogens (primary N) is 1. The molecule has 106 valence electrons. The molecule has 0 amide bonds. The quantitative estimate of drug-likeness (QED) is 0.747. The Balaban J connectivity index is 2.06. The lowest BCUT2D eigenvalue weighted by Crippen LogP contribution is -1.89. The second-order valence-electron chi connectivity index (χ2n) is 4.36. The van der Waals surface area contributed by atoms with E-state index in [2.05, 4.69) is 10.1 Å². The highest BCUT2D eigenvalue weighted by molar-refractivity contribution is 6.33. The van der Waals surface area contributed by atoms with Crippen LogP contribution < -0.4 is 10.5 Å². The van der Waals surface area contributed by atoms with Gasteiger partial charge in [0.25, 0.3) is 5.89 Å². The third-order valence-corrected chi connectivity index (χ3v) is 3.32. The van der Waals surface area contributed by atoms with Gasteiger partial charge in [-0.3, -0.25) is 0 Å². The van der Waals surface area contributed by atoms with Crippen molar-refractivity contribution in [1.29, 1.82) is 0 Å². The maximum atomic E-state index is 6.14. The number of para-hydroxylation sites is 1. The highest BCUT2D eigenvalue weighted by Crippen LogP contribution is 2.32. The summed E-state index contributed by atoms with van der Waals surface area (Å²) in [6.45, 7) is 0. The average Bonchev–Trinajstić information content (AvgIpc) is 2.99. The van der Waals surface area contributed by atoms with Crippen molar-refractivity contribution in [1.82, 2.24) is 10.1 Å². The summed E-state index contributed by atoms with van der Waals surface area (Å²) in [5.74, 6) is 1.41. The number of hydrogen-bond donors (Lipinski definition) is 1. The lowest BCUT2D eigenvalue weighted by molar-refractivity contribution is 0.413. The number of nitrogen functional groups attached to an aromatic ring is 1. The van der Waals surface area contributed by atoms with Gasteiger partial charge < -0.3 is 15.0 Å². The summed E-state index contributed by atoms with van der Waals surface area (Å²) in [7, 11) is 1.59. The van der Waals surface area contributed by atoms with Crippen LogP contribution in [0.25, 0.3) is 22.8 Å². The average molecular weight is 302 g/mol. The Hall–Kier alpha value is -2.53. The zero-order valence-electron chi connectivity index (χ0n) is 11.2. The van der Waals surface area contributed by atoms with E-state index in [9.17, 15) is 0 Å². The van der Waals surface area contributed by atoms with Crippen molar-refractivity contribution >= 4 is 17.3 Å². The largest absolute Gasteiger partial charge is 0.496 e. The molecule has 1 heterocycles. The van der Waals surface area contributed by atoms with Gasteiger partial charge in [-0.15, -0.1) is 0 Å². The zero-order valence-corrected chi connectivity index (χ0v) is 12.0. The Morgan fingerprint density at radius 3 is 2.76 bits per heavy atom. The van der Waals surface area contributed by atoms with Crippen LogP contribution in [0.1, 0.15) is 0 Å². The first-order valence-corrected chi connectivity index (χ1v) is 6.59. The van der Waals surface area contributed by atoms with Crippen LogP contribution in [-0.2, 0) is 0 Å². The minimum absolute atomic E-state index is 0.313. The molecule has 21 heavy (non-hydrogen) atoms. The molecule has 0 fully saturated rings. The van der Waals surface area contributed by atoms with Crippen molar-refractivity contribution in [2.24, 2.45) is 0 Å². The van der Waals surface area contributed by atoms with Crippen LogP contribution in [0.2, 0.25) is 5.02 Å². The predicted molar refractivity (Wildman–Crippen MR) is 81.1 cm³/mol. The van der Waals surface area contributed by atoms with Crippen molar-refractivity contribution in [3.05, 3.63) is 47.5 Å². The van der Waals surface area contributed by atoms with Crippen LogP contribution in [0.4, 0.5) is 5.69 Å². The molecule has 0 aliphatic carbocycles. The first kappa shape index (κ1) is 13.5. The van der Waals surface area contributed by atoms with Crippen LogP contribution in [0, 0.1) is 0 Å². The standard InChI is InChI=1S/C15H12ClN3O2/c1-20-13-5-3-2-4-10(13)14-18-15(21-19-14)11-8-9(17)6-7-12(11)16/h2-8H,17H2,1H3. The molecule has 3 aromatic rings. The number of halogens is 1. The Bertz CT molecular complexity index is 786. The van der Waals surface area contributed by atoms with Gasteiger partial charge in [-0.05, 0) is 30.3 Å². The van der Waals surface area contributed by atoms with Gasteiger partial charge in [0, 0.05) is 5.69 Å². The summed E-state index contributed by atoms with van der Waals surface area (Å²) in [5, 5.41) is 4.48. The maximum Gasteiger partial charge on any atom is 0.259 e. The fraction of sp³-hybridized carbons (Fsp3) is 0.0667. The zero-order chi connectivity index (χ0) is 14.8. The van der Waals surface area contributed by atoms with Crippen LogP contribution >= 0.6 is 11.6 Å². The SMILES string of the molecule is COc1ccccc1-c1noc(-c2cc(N)ccc2Cl)n1. The monoisotopic (exact) mass is 301 g/mol. The molecule has 2 aromatic carbocycles. The molecular formula is C15H12ClN3O2. The molecule has 0 radical (unpaired) electrons. The van der Waals surface area contributed by atoms with Gasteiger partial charge in [-0.2, -0.15) is 4.98 Å². The number of benzene rings is 2. The molecule has 0 aliphatic rings. The van der Waals surface area contributed by atoms with Crippen molar-refractivity contribution in [3.63, 3.8) is 0 Å². The van der Waals surface area contributed by atoms with Crippen LogP contribution in [0.5, 0.6) is 5.75 Å². The predicted octanol–water partition coefficient (Wildman–Crippen LogP) is 3.65. The second kappa shape index (κ2) is 5.46. The molecule has 0 saturated carbocycles. The smallest absolute Gasteiger partial charge is 0.259 e. The summed E-state index contributed by atoms with van der Waals surface area (Å²) >= 11 is 6.14. The van der Waals surface area contributed by atoms with E-state index in [1.54, 1.807) is 25.3 Å². The molecule has 0 bridgehead atoms. The summed E-state index contributed by atoms with van der Waals surface area (Å²) in [5.41, 5.74) is 7.68. The summed E-state index contributed by atoms with van der Waals surface area (Å²) in [4.78, 5) is 4.36. The van der Waals surface area contributed by atoms with Crippen molar-refractivity contribution in [2.75, 3.05) is 12.8 Å². The summed E-state index contributed by atoms with van der Waals surface area (Å²) < 4.78 is 10.6.